The molecule has 1 aliphatic heterocycles. The van der Waals surface area contributed by atoms with Crippen molar-refractivity contribution in [2.24, 2.45) is 5.41 Å². The minimum Gasteiger partial charge on any atom is -0.480 e. The zero-order valence-corrected chi connectivity index (χ0v) is 11.1. The molecule has 3 rings (SSSR count). The van der Waals surface area contributed by atoms with E-state index in [0.717, 1.165) is 12.2 Å². The fraction of sp³-hybridized carbons (Fsp3) is 0.769. The molecule has 0 aromatic carbocycles. The number of likely N-dealkylation sites (tertiary alicyclic amines) is 1. The Labute approximate surface area is 112 Å². The number of carboxylic acid groups (broad SMARTS) is 1. The monoisotopic (exact) mass is 264 g/mol. The van der Waals surface area contributed by atoms with Crippen LogP contribution in [0.4, 0.5) is 0 Å². The molecule has 1 aromatic rings. The number of aliphatic carboxylic acids is 1. The summed E-state index contributed by atoms with van der Waals surface area (Å²) in [6.07, 6.45) is 8.63. The number of rotatable bonds is 4. The van der Waals surface area contributed by atoms with E-state index in [-0.39, 0.29) is 6.54 Å². The van der Waals surface area contributed by atoms with E-state index in [1.165, 1.54) is 49.9 Å². The van der Waals surface area contributed by atoms with Crippen LogP contribution in [0.15, 0.2) is 6.20 Å². The Morgan fingerprint density at radius 1 is 1.32 bits per heavy atom. The van der Waals surface area contributed by atoms with Gasteiger partial charge in [0, 0.05) is 19.6 Å². The normalized spacial score (nSPS) is 22.3. The molecule has 1 N–H and O–H groups in total. The highest BCUT2D eigenvalue weighted by Gasteiger charge is 2.43. The molecule has 2 heterocycles. The van der Waals surface area contributed by atoms with Crippen LogP contribution in [0.5, 0.6) is 0 Å². The number of aromatic nitrogens is 3. The molecule has 2 fully saturated rings. The minimum atomic E-state index is -0.887. The summed E-state index contributed by atoms with van der Waals surface area (Å²) in [5.74, 6) is -0.887. The van der Waals surface area contributed by atoms with E-state index in [1.54, 1.807) is 6.20 Å². The maximum Gasteiger partial charge on any atom is 0.325 e. The Bertz CT molecular complexity index is 457. The van der Waals surface area contributed by atoms with Crippen LogP contribution < -0.4 is 0 Å². The first-order valence-corrected chi connectivity index (χ1v) is 6.98. The Kier molecular flexibility index (Phi) is 3.26. The van der Waals surface area contributed by atoms with Gasteiger partial charge in [-0.15, -0.1) is 5.10 Å². The lowest BCUT2D eigenvalue weighted by Crippen LogP contribution is -2.56. The van der Waals surface area contributed by atoms with E-state index in [9.17, 15) is 4.79 Å². The van der Waals surface area contributed by atoms with Gasteiger partial charge in [0.1, 0.15) is 6.54 Å². The number of carbonyl (C=O) groups is 1. The summed E-state index contributed by atoms with van der Waals surface area (Å²) in [6, 6.07) is 0. The minimum absolute atomic E-state index is 0.114. The zero-order chi connectivity index (χ0) is 13.3. The average molecular weight is 264 g/mol. The van der Waals surface area contributed by atoms with Crippen LogP contribution in [0.3, 0.4) is 0 Å². The second-order valence-corrected chi connectivity index (χ2v) is 6.01. The Morgan fingerprint density at radius 2 is 2.05 bits per heavy atom. The van der Waals surface area contributed by atoms with Crippen molar-refractivity contribution in [3.05, 3.63) is 11.9 Å². The Morgan fingerprint density at radius 3 is 2.74 bits per heavy atom. The van der Waals surface area contributed by atoms with Crippen molar-refractivity contribution in [1.29, 1.82) is 0 Å². The summed E-state index contributed by atoms with van der Waals surface area (Å²) in [6.45, 7) is 3.01. The van der Waals surface area contributed by atoms with Crippen LogP contribution in [0.25, 0.3) is 0 Å². The molecule has 1 aliphatic carbocycles. The third-order valence-electron chi connectivity index (χ3n) is 4.30. The fourth-order valence-corrected chi connectivity index (χ4v) is 3.49. The van der Waals surface area contributed by atoms with Gasteiger partial charge in [-0.05, 0) is 18.3 Å². The molecule has 2 aliphatic rings. The van der Waals surface area contributed by atoms with Gasteiger partial charge in [0.05, 0.1) is 11.9 Å². The van der Waals surface area contributed by atoms with E-state index in [4.69, 9.17) is 5.11 Å². The maximum absolute atomic E-state index is 10.6. The highest BCUT2D eigenvalue weighted by molar-refractivity contribution is 5.66. The van der Waals surface area contributed by atoms with Crippen molar-refractivity contribution in [2.45, 2.75) is 45.2 Å². The fourth-order valence-electron chi connectivity index (χ4n) is 3.49. The van der Waals surface area contributed by atoms with Gasteiger partial charge in [0.2, 0.25) is 0 Å². The zero-order valence-electron chi connectivity index (χ0n) is 11.1. The molecule has 0 radical (unpaired) electrons. The molecule has 1 spiro atoms. The van der Waals surface area contributed by atoms with Crippen molar-refractivity contribution < 1.29 is 9.90 Å². The Hall–Kier alpha value is -1.43. The van der Waals surface area contributed by atoms with Crippen LogP contribution in [-0.2, 0) is 17.9 Å². The molecule has 1 aromatic heterocycles. The van der Waals surface area contributed by atoms with E-state index < -0.39 is 5.97 Å². The number of nitrogens with zero attached hydrogens (tertiary/aromatic N) is 4. The smallest absolute Gasteiger partial charge is 0.325 e. The van der Waals surface area contributed by atoms with E-state index in [1.807, 2.05) is 0 Å². The van der Waals surface area contributed by atoms with Crippen LogP contribution >= 0.6 is 0 Å². The summed E-state index contributed by atoms with van der Waals surface area (Å²) >= 11 is 0. The van der Waals surface area contributed by atoms with Crippen LogP contribution in [0.2, 0.25) is 0 Å². The average Bonchev–Trinajstić information content (AvgIpc) is 2.75. The summed E-state index contributed by atoms with van der Waals surface area (Å²) in [5.41, 5.74) is 1.45. The van der Waals surface area contributed by atoms with Gasteiger partial charge < -0.3 is 5.11 Å². The molecule has 0 amide bonds. The lowest BCUT2D eigenvalue weighted by atomic mass is 9.68. The van der Waals surface area contributed by atoms with Crippen molar-refractivity contribution >= 4 is 5.97 Å². The van der Waals surface area contributed by atoms with Gasteiger partial charge in [-0.2, -0.15) is 0 Å². The van der Waals surface area contributed by atoms with Crippen LogP contribution in [-0.4, -0.2) is 44.1 Å². The maximum atomic E-state index is 10.6. The second-order valence-electron chi connectivity index (χ2n) is 6.01. The topological polar surface area (TPSA) is 71.2 Å². The SMILES string of the molecule is O=C(O)Cn1cc(CN2CC3(CCCCC3)C2)nn1. The molecule has 1 saturated heterocycles. The molecule has 104 valence electrons. The molecule has 6 heteroatoms. The highest BCUT2D eigenvalue weighted by Crippen LogP contribution is 2.44. The van der Waals surface area contributed by atoms with Crippen LogP contribution in [0.1, 0.15) is 37.8 Å². The third kappa shape index (κ3) is 2.78. The molecule has 1 saturated carbocycles. The molecular weight excluding hydrogens is 244 g/mol. The highest BCUT2D eigenvalue weighted by atomic mass is 16.4. The van der Waals surface area contributed by atoms with E-state index >= 15 is 0 Å². The molecule has 6 nitrogen and oxygen atoms in total. The first kappa shape index (κ1) is 12.6. The van der Waals surface area contributed by atoms with Crippen LogP contribution in [0, 0.1) is 5.41 Å². The van der Waals surface area contributed by atoms with Crippen molar-refractivity contribution in [2.75, 3.05) is 13.1 Å². The number of hydrogen-bond donors (Lipinski definition) is 1. The molecule has 0 atom stereocenters. The molecule has 0 unspecified atom stereocenters. The summed E-state index contributed by atoms with van der Waals surface area (Å²) in [4.78, 5) is 13.0. The summed E-state index contributed by atoms with van der Waals surface area (Å²) in [7, 11) is 0. The van der Waals surface area contributed by atoms with E-state index in [0.29, 0.717) is 5.41 Å². The third-order valence-corrected chi connectivity index (χ3v) is 4.30. The molecule has 19 heavy (non-hydrogen) atoms. The molecule has 0 bridgehead atoms. The van der Waals surface area contributed by atoms with E-state index in [2.05, 4.69) is 15.2 Å². The Balaban J connectivity index is 1.50. The van der Waals surface area contributed by atoms with Crippen molar-refractivity contribution in [3.8, 4) is 0 Å². The van der Waals surface area contributed by atoms with Gasteiger partial charge in [-0.25, -0.2) is 4.68 Å². The van der Waals surface area contributed by atoms with Gasteiger partial charge in [-0.1, -0.05) is 24.5 Å². The first-order chi connectivity index (χ1) is 9.15. The second kappa shape index (κ2) is 4.92. The van der Waals surface area contributed by atoms with Gasteiger partial charge >= 0.3 is 5.97 Å². The molecular formula is C13H20N4O2. The van der Waals surface area contributed by atoms with Gasteiger partial charge in [0.15, 0.2) is 0 Å². The predicted molar refractivity (Wildman–Crippen MR) is 68.5 cm³/mol. The summed E-state index contributed by atoms with van der Waals surface area (Å²) in [5, 5.41) is 16.5. The van der Waals surface area contributed by atoms with Crippen molar-refractivity contribution in [1.82, 2.24) is 19.9 Å². The van der Waals surface area contributed by atoms with Crippen molar-refractivity contribution in [3.63, 3.8) is 0 Å². The lowest BCUT2D eigenvalue weighted by molar-refractivity contribution is -0.137. The standard InChI is InChI=1S/C13H20N4O2/c18-12(19)8-17-7-11(14-15-17)6-16-9-13(10-16)4-2-1-3-5-13/h7H,1-6,8-10H2,(H,18,19). The number of carboxylic acids is 1. The largest absolute Gasteiger partial charge is 0.480 e. The quantitative estimate of drug-likeness (QED) is 0.882. The predicted octanol–water partition coefficient (Wildman–Crippen LogP) is 1.13. The van der Waals surface area contributed by atoms with Gasteiger partial charge in [-0.3, -0.25) is 9.69 Å². The number of hydrogen-bond acceptors (Lipinski definition) is 4. The van der Waals surface area contributed by atoms with Gasteiger partial charge in [0.25, 0.3) is 0 Å². The lowest BCUT2D eigenvalue weighted by Gasteiger charge is -2.52. The first-order valence-electron chi connectivity index (χ1n) is 6.98. The summed E-state index contributed by atoms with van der Waals surface area (Å²) < 4.78 is 1.38.